The maximum Gasteiger partial charge on any atom is 0.116 e. The Hall–Kier alpha value is -2.46. The fraction of sp³-hybridized carbons (Fsp3) is 0.0500. The smallest absolute Gasteiger partial charge is 0.116 e. The van der Waals surface area contributed by atoms with Crippen LogP contribution in [0.25, 0.3) is 21.0 Å². The molecule has 0 atom stereocenters. The van der Waals surface area contributed by atoms with E-state index in [1.165, 1.54) is 0 Å². The van der Waals surface area contributed by atoms with E-state index in [2.05, 4.69) is 23.2 Å². The summed E-state index contributed by atoms with van der Waals surface area (Å²) in [4.78, 5) is 11.2. The highest BCUT2D eigenvalue weighted by atomic mass is 32.2. The molecular weight excluding hydrogens is 378 g/mol. The second-order valence-corrected chi connectivity index (χ2v) is 8.31. The van der Waals surface area contributed by atoms with Crippen LogP contribution in [-0.4, -0.2) is 9.97 Å². The van der Waals surface area contributed by atoms with E-state index >= 15 is 0 Å². The number of pyridine rings is 2. The van der Waals surface area contributed by atoms with Crippen molar-refractivity contribution in [3.05, 3.63) is 76.7 Å². The molecule has 4 aromatic rings. The number of nitrogens with zero attached hydrogens (tertiary/aromatic N) is 3. The minimum atomic E-state index is 0.640. The summed E-state index contributed by atoms with van der Waals surface area (Å²) < 4.78 is 0. The molecule has 0 saturated carbocycles. The van der Waals surface area contributed by atoms with Crippen molar-refractivity contribution in [1.29, 1.82) is 5.26 Å². The molecule has 26 heavy (non-hydrogen) atoms. The van der Waals surface area contributed by atoms with E-state index in [0.717, 1.165) is 37.4 Å². The number of thioether (sulfide) groups is 1. The number of aromatic nitrogens is 2. The highest BCUT2D eigenvalue weighted by molar-refractivity contribution is 7.98. The minimum absolute atomic E-state index is 0.640. The lowest BCUT2D eigenvalue weighted by atomic mass is 10.1. The largest absolute Gasteiger partial charge is 0.264 e. The van der Waals surface area contributed by atoms with Gasteiger partial charge in [0.2, 0.25) is 0 Å². The Balaban J connectivity index is 1.79. The molecule has 0 aliphatic heterocycles. The van der Waals surface area contributed by atoms with Crippen LogP contribution in [0.4, 0.5) is 0 Å². The van der Waals surface area contributed by atoms with Crippen LogP contribution in [0.1, 0.15) is 11.1 Å². The van der Waals surface area contributed by atoms with Gasteiger partial charge in [0.05, 0.1) is 16.1 Å². The van der Waals surface area contributed by atoms with Crippen LogP contribution in [0, 0.1) is 11.3 Å². The fourth-order valence-corrected chi connectivity index (χ4v) is 4.92. The first kappa shape index (κ1) is 17.0. The van der Waals surface area contributed by atoms with Crippen molar-refractivity contribution in [3.63, 3.8) is 0 Å². The van der Waals surface area contributed by atoms with Crippen LogP contribution in [0.15, 0.2) is 70.6 Å². The average molecular weight is 392 g/mol. The fourth-order valence-electron chi connectivity index (χ4n) is 2.55. The van der Waals surface area contributed by atoms with E-state index in [4.69, 9.17) is 4.98 Å². The lowest BCUT2D eigenvalue weighted by Crippen LogP contribution is -1.95. The lowest BCUT2D eigenvalue weighted by Gasteiger charge is -2.10. The van der Waals surface area contributed by atoms with Crippen molar-refractivity contribution < 1.29 is 0 Å². The zero-order valence-corrected chi connectivity index (χ0v) is 16.1. The lowest BCUT2D eigenvalue weighted by molar-refractivity contribution is 1.12. The van der Waals surface area contributed by atoms with Gasteiger partial charge in [-0.2, -0.15) is 5.26 Å². The highest BCUT2D eigenvalue weighted by Gasteiger charge is 2.17. The molecule has 4 heterocycles. The summed E-state index contributed by atoms with van der Waals surface area (Å²) in [7, 11) is 0. The standard InChI is InChI=1S/C20H13N3S3/c21-11-16-15(18-5-2-8-24-18)10-17(19-6-3-9-25-19)23-20(16)26-13-14-4-1-7-22-12-14/h1-10,12H,13H2. The third kappa shape index (κ3) is 3.56. The molecule has 0 spiro atoms. The molecule has 4 rings (SSSR count). The number of hydrogen-bond acceptors (Lipinski definition) is 6. The average Bonchev–Trinajstić information content (AvgIpc) is 3.40. The number of nitriles is 1. The summed E-state index contributed by atoms with van der Waals surface area (Å²) >= 11 is 4.88. The Kier molecular flexibility index (Phi) is 5.12. The van der Waals surface area contributed by atoms with Gasteiger partial charge in [-0.1, -0.05) is 18.2 Å². The molecule has 3 nitrogen and oxygen atoms in total. The van der Waals surface area contributed by atoms with Crippen LogP contribution in [0.2, 0.25) is 0 Å². The van der Waals surface area contributed by atoms with E-state index in [0.29, 0.717) is 5.56 Å². The molecule has 0 bridgehead atoms. The molecule has 0 aromatic carbocycles. The summed E-state index contributed by atoms with van der Waals surface area (Å²) in [5, 5.41) is 14.7. The van der Waals surface area contributed by atoms with Gasteiger partial charge in [0, 0.05) is 28.6 Å². The van der Waals surface area contributed by atoms with Crippen LogP contribution in [0.5, 0.6) is 0 Å². The molecular formula is C20H13N3S3. The third-order valence-electron chi connectivity index (χ3n) is 3.76. The van der Waals surface area contributed by atoms with Gasteiger partial charge in [-0.25, -0.2) is 4.98 Å². The Morgan fingerprint density at radius 3 is 2.50 bits per heavy atom. The molecule has 6 heteroatoms. The van der Waals surface area contributed by atoms with Gasteiger partial charge in [0.25, 0.3) is 0 Å². The van der Waals surface area contributed by atoms with E-state index < -0.39 is 0 Å². The summed E-state index contributed by atoms with van der Waals surface area (Å²) in [5.41, 5.74) is 3.62. The first-order valence-electron chi connectivity index (χ1n) is 7.90. The monoisotopic (exact) mass is 391 g/mol. The van der Waals surface area contributed by atoms with Crippen molar-refractivity contribution in [2.24, 2.45) is 0 Å². The maximum atomic E-state index is 9.81. The molecule has 0 N–H and O–H groups in total. The van der Waals surface area contributed by atoms with E-state index in [9.17, 15) is 5.26 Å². The van der Waals surface area contributed by atoms with Crippen LogP contribution in [0.3, 0.4) is 0 Å². The van der Waals surface area contributed by atoms with Gasteiger partial charge in [-0.05, 0) is 40.6 Å². The Morgan fingerprint density at radius 2 is 1.85 bits per heavy atom. The van der Waals surface area contributed by atoms with Crippen LogP contribution in [-0.2, 0) is 5.75 Å². The van der Waals surface area contributed by atoms with E-state index in [-0.39, 0.29) is 0 Å². The quantitative estimate of drug-likeness (QED) is 0.386. The van der Waals surface area contributed by atoms with Gasteiger partial charge in [0.1, 0.15) is 11.1 Å². The van der Waals surface area contributed by atoms with Crippen LogP contribution >= 0.6 is 34.4 Å². The zero-order chi connectivity index (χ0) is 17.8. The summed E-state index contributed by atoms with van der Waals surface area (Å²) in [5.74, 6) is 0.729. The first-order valence-corrected chi connectivity index (χ1v) is 10.6. The third-order valence-corrected chi connectivity index (χ3v) is 6.60. The zero-order valence-electron chi connectivity index (χ0n) is 13.6. The van der Waals surface area contributed by atoms with E-state index in [1.807, 2.05) is 47.3 Å². The molecule has 0 saturated heterocycles. The van der Waals surface area contributed by atoms with Gasteiger partial charge >= 0.3 is 0 Å². The van der Waals surface area contributed by atoms with Gasteiger partial charge in [-0.15, -0.1) is 34.4 Å². The molecule has 4 aromatic heterocycles. The number of hydrogen-bond donors (Lipinski definition) is 0. The van der Waals surface area contributed by atoms with Crippen molar-refractivity contribution in [2.75, 3.05) is 0 Å². The van der Waals surface area contributed by atoms with E-state index in [1.54, 1.807) is 40.6 Å². The second kappa shape index (κ2) is 7.83. The Bertz CT molecular complexity index is 1030. The molecule has 0 fully saturated rings. The van der Waals surface area contributed by atoms with Crippen molar-refractivity contribution in [3.8, 4) is 27.1 Å². The Labute approximate surface area is 164 Å². The topological polar surface area (TPSA) is 49.6 Å². The predicted molar refractivity (Wildman–Crippen MR) is 109 cm³/mol. The molecule has 0 radical (unpaired) electrons. The molecule has 0 unspecified atom stereocenters. The first-order chi connectivity index (χ1) is 12.8. The van der Waals surface area contributed by atoms with Crippen molar-refractivity contribution >= 4 is 34.4 Å². The minimum Gasteiger partial charge on any atom is -0.264 e. The molecule has 126 valence electrons. The number of rotatable bonds is 5. The maximum absolute atomic E-state index is 9.81. The number of thiophene rings is 2. The summed E-state index contributed by atoms with van der Waals surface area (Å²) in [6, 6.07) is 16.5. The molecule has 0 aliphatic rings. The second-order valence-electron chi connectivity index (χ2n) is 5.45. The summed E-state index contributed by atoms with van der Waals surface area (Å²) in [6.45, 7) is 0. The van der Waals surface area contributed by atoms with Crippen molar-refractivity contribution in [1.82, 2.24) is 9.97 Å². The molecule has 0 amide bonds. The van der Waals surface area contributed by atoms with Gasteiger partial charge < -0.3 is 0 Å². The Morgan fingerprint density at radius 1 is 1.04 bits per heavy atom. The van der Waals surface area contributed by atoms with Gasteiger partial charge in [-0.3, -0.25) is 4.98 Å². The van der Waals surface area contributed by atoms with Gasteiger partial charge in [0.15, 0.2) is 0 Å². The van der Waals surface area contributed by atoms with Crippen molar-refractivity contribution in [2.45, 2.75) is 10.8 Å². The van der Waals surface area contributed by atoms with Crippen LogP contribution < -0.4 is 0 Å². The summed E-state index contributed by atoms with van der Waals surface area (Å²) in [6.07, 6.45) is 3.61. The highest BCUT2D eigenvalue weighted by Crippen LogP contribution is 2.37. The predicted octanol–water partition coefficient (Wildman–Crippen LogP) is 6.10. The SMILES string of the molecule is N#Cc1c(-c2cccs2)cc(-c2cccs2)nc1SCc1cccnc1. The normalized spacial score (nSPS) is 10.6. The molecule has 0 aliphatic carbocycles.